The Morgan fingerprint density at radius 2 is 2.19 bits per heavy atom. The normalized spacial score (nSPS) is 18.1. The molecule has 0 aromatic heterocycles. The molecule has 21 heavy (non-hydrogen) atoms. The van der Waals surface area contributed by atoms with Crippen LogP contribution in [0.3, 0.4) is 0 Å². The first-order chi connectivity index (χ1) is 10.2. The molecule has 1 aliphatic heterocycles. The molecule has 4 heteroatoms. The zero-order chi connectivity index (χ0) is 14.9. The van der Waals surface area contributed by atoms with Crippen molar-refractivity contribution in [1.29, 1.82) is 0 Å². The highest BCUT2D eigenvalue weighted by molar-refractivity contribution is 5.76. The van der Waals surface area contributed by atoms with Gasteiger partial charge < -0.3 is 15.5 Å². The smallest absolute Gasteiger partial charge is 0.220 e. The van der Waals surface area contributed by atoms with Crippen molar-refractivity contribution in [3.05, 3.63) is 35.9 Å². The lowest BCUT2D eigenvalue weighted by Crippen LogP contribution is -2.29. The van der Waals surface area contributed by atoms with Crippen molar-refractivity contribution < 1.29 is 4.79 Å². The van der Waals surface area contributed by atoms with E-state index < -0.39 is 0 Å². The largest absolute Gasteiger partial charge is 0.356 e. The Bertz CT molecular complexity index is 415. The van der Waals surface area contributed by atoms with E-state index in [1.54, 1.807) is 0 Å². The standard InChI is InChI=1S/C17H27N3O/c1-20(14-15-6-3-2-4-7-15)11-5-9-19-17(21)12-16-8-10-18-13-16/h2-4,6-7,16,18H,5,8-14H2,1H3,(H,19,21). The summed E-state index contributed by atoms with van der Waals surface area (Å²) in [7, 11) is 2.12. The number of carbonyl (C=O) groups is 1. The Hall–Kier alpha value is -1.39. The second-order valence-corrected chi connectivity index (χ2v) is 5.99. The lowest BCUT2D eigenvalue weighted by molar-refractivity contribution is -0.121. The van der Waals surface area contributed by atoms with Crippen molar-refractivity contribution in [2.24, 2.45) is 5.92 Å². The number of carbonyl (C=O) groups excluding carboxylic acids is 1. The van der Waals surface area contributed by atoms with E-state index in [1.807, 2.05) is 6.07 Å². The summed E-state index contributed by atoms with van der Waals surface area (Å²) >= 11 is 0. The van der Waals surface area contributed by atoms with Crippen molar-refractivity contribution in [1.82, 2.24) is 15.5 Å². The Morgan fingerprint density at radius 1 is 1.38 bits per heavy atom. The van der Waals surface area contributed by atoms with E-state index in [9.17, 15) is 4.79 Å². The highest BCUT2D eigenvalue weighted by atomic mass is 16.1. The highest BCUT2D eigenvalue weighted by Crippen LogP contribution is 2.11. The third-order valence-corrected chi connectivity index (χ3v) is 3.97. The fourth-order valence-corrected chi connectivity index (χ4v) is 2.77. The van der Waals surface area contributed by atoms with Gasteiger partial charge in [0.1, 0.15) is 0 Å². The minimum atomic E-state index is 0.203. The lowest BCUT2D eigenvalue weighted by atomic mass is 10.0. The zero-order valence-corrected chi connectivity index (χ0v) is 13.0. The predicted octanol–water partition coefficient (Wildman–Crippen LogP) is 1.62. The first kappa shape index (κ1) is 16.0. The molecule has 1 atom stereocenters. The summed E-state index contributed by atoms with van der Waals surface area (Å²) < 4.78 is 0. The van der Waals surface area contributed by atoms with Crippen LogP contribution in [0.2, 0.25) is 0 Å². The van der Waals surface area contributed by atoms with Crippen LogP contribution >= 0.6 is 0 Å². The highest BCUT2D eigenvalue weighted by Gasteiger charge is 2.17. The van der Waals surface area contributed by atoms with Crippen LogP contribution < -0.4 is 10.6 Å². The van der Waals surface area contributed by atoms with Crippen molar-refractivity contribution in [3.63, 3.8) is 0 Å². The van der Waals surface area contributed by atoms with Gasteiger partial charge in [0.25, 0.3) is 0 Å². The fourth-order valence-electron chi connectivity index (χ4n) is 2.77. The first-order valence-corrected chi connectivity index (χ1v) is 7.94. The SMILES string of the molecule is CN(CCCNC(=O)CC1CCNC1)Cc1ccccc1. The maximum Gasteiger partial charge on any atom is 0.220 e. The second kappa shape index (κ2) is 8.80. The maximum atomic E-state index is 11.8. The molecule has 0 radical (unpaired) electrons. The molecular weight excluding hydrogens is 262 g/mol. The van der Waals surface area contributed by atoms with Gasteiger partial charge >= 0.3 is 0 Å². The molecule has 1 heterocycles. The monoisotopic (exact) mass is 289 g/mol. The fraction of sp³-hybridized carbons (Fsp3) is 0.588. The van der Waals surface area contributed by atoms with Gasteiger partial charge in [-0.2, -0.15) is 0 Å². The number of hydrogen-bond donors (Lipinski definition) is 2. The van der Waals surface area contributed by atoms with Gasteiger partial charge in [-0.1, -0.05) is 30.3 Å². The third kappa shape index (κ3) is 6.27. The lowest BCUT2D eigenvalue weighted by Gasteiger charge is -2.17. The Balaban J connectivity index is 1.53. The molecule has 4 nitrogen and oxygen atoms in total. The Morgan fingerprint density at radius 3 is 2.90 bits per heavy atom. The van der Waals surface area contributed by atoms with Gasteiger partial charge in [0, 0.05) is 19.5 Å². The molecule has 1 saturated heterocycles. The molecule has 1 unspecified atom stereocenters. The molecule has 1 aliphatic rings. The van der Waals surface area contributed by atoms with Crippen LogP contribution in [0.1, 0.15) is 24.8 Å². The van der Waals surface area contributed by atoms with E-state index >= 15 is 0 Å². The molecule has 0 aliphatic carbocycles. The summed E-state index contributed by atoms with van der Waals surface area (Å²) in [6.45, 7) is 4.79. The number of hydrogen-bond acceptors (Lipinski definition) is 3. The van der Waals surface area contributed by atoms with Crippen LogP contribution in [-0.2, 0) is 11.3 Å². The van der Waals surface area contributed by atoms with E-state index in [-0.39, 0.29) is 5.91 Å². The minimum absolute atomic E-state index is 0.203. The van der Waals surface area contributed by atoms with Gasteiger partial charge in [-0.05, 0) is 51.0 Å². The van der Waals surface area contributed by atoms with Crippen LogP contribution in [-0.4, -0.2) is 44.0 Å². The molecular formula is C17H27N3O. The van der Waals surface area contributed by atoms with Crippen molar-refractivity contribution in [3.8, 4) is 0 Å². The molecule has 2 N–H and O–H groups in total. The van der Waals surface area contributed by atoms with E-state index in [4.69, 9.17) is 0 Å². The van der Waals surface area contributed by atoms with Crippen LogP contribution in [0.15, 0.2) is 30.3 Å². The molecule has 116 valence electrons. The summed E-state index contributed by atoms with van der Waals surface area (Å²) in [6, 6.07) is 10.5. The van der Waals surface area contributed by atoms with Crippen LogP contribution in [0.5, 0.6) is 0 Å². The Kier molecular flexibility index (Phi) is 6.70. The topological polar surface area (TPSA) is 44.4 Å². The average molecular weight is 289 g/mol. The summed E-state index contributed by atoms with van der Waals surface area (Å²) in [4.78, 5) is 14.1. The molecule has 2 rings (SSSR count). The van der Waals surface area contributed by atoms with Gasteiger partial charge in [-0.15, -0.1) is 0 Å². The predicted molar refractivity (Wildman–Crippen MR) is 86.0 cm³/mol. The van der Waals surface area contributed by atoms with E-state index in [1.165, 1.54) is 5.56 Å². The van der Waals surface area contributed by atoms with Gasteiger partial charge in [-0.25, -0.2) is 0 Å². The van der Waals surface area contributed by atoms with Gasteiger partial charge in [0.2, 0.25) is 5.91 Å². The number of benzene rings is 1. The quantitative estimate of drug-likeness (QED) is 0.715. The number of nitrogens with zero attached hydrogens (tertiary/aromatic N) is 1. The molecule has 0 saturated carbocycles. The molecule has 0 spiro atoms. The van der Waals surface area contributed by atoms with E-state index in [0.29, 0.717) is 12.3 Å². The molecule has 0 bridgehead atoms. The molecule has 1 fully saturated rings. The number of rotatable bonds is 8. The van der Waals surface area contributed by atoms with Crippen LogP contribution in [0.25, 0.3) is 0 Å². The first-order valence-electron chi connectivity index (χ1n) is 7.94. The van der Waals surface area contributed by atoms with Gasteiger partial charge in [0.15, 0.2) is 0 Å². The van der Waals surface area contributed by atoms with Crippen molar-refractivity contribution >= 4 is 5.91 Å². The van der Waals surface area contributed by atoms with Gasteiger partial charge in [0.05, 0.1) is 0 Å². The molecule has 1 amide bonds. The van der Waals surface area contributed by atoms with Gasteiger partial charge in [-0.3, -0.25) is 4.79 Å². The summed E-state index contributed by atoms with van der Waals surface area (Å²) in [5, 5.41) is 6.33. The maximum absolute atomic E-state index is 11.8. The summed E-state index contributed by atoms with van der Waals surface area (Å²) in [6.07, 6.45) is 2.80. The molecule has 1 aromatic carbocycles. The molecule has 1 aromatic rings. The average Bonchev–Trinajstić information content (AvgIpc) is 2.97. The van der Waals surface area contributed by atoms with Crippen LogP contribution in [0, 0.1) is 5.92 Å². The minimum Gasteiger partial charge on any atom is -0.356 e. The van der Waals surface area contributed by atoms with E-state index in [2.05, 4.69) is 46.8 Å². The Labute approximate surface area is 127 Å². The third-order valence-electron chi connectivity index (χ3n) is 3.97. The van der Waals surface area contributed by atoms with Crippen LogP contribution in [0.4, 0.5) is 0 Å². The van der Waals surface area contributed by atoms with Crippen molar-refractivity contribution in [2.75, 3.05) is 33.2 Å². The summed E-state index contributed by atoms with van der Waals surface area (Å²) in [5.74, 6) is 0.736. The van der Waals surface area contributed by atoms with E-state index in [0.717, 1.165) is 45.6 Å². The summed E-state index contributed by atoms with van der Waals surface area (Å²) in [5.41, 5.74) is 1.33. The second-order valence-electron chi connectivity index (χ2n) is 5.99. The number of nitrogens with one attached hydrogen (secondary N) is 2. The number of amides is 1. The zero-order valence-electron chi connectivity index (χ0n) is 13.0. The van der Waals surface area contributed by atoms with Crippen molar-refractivity contribution in [2.45, 2.75) is 25.8 Å².